The van der Waals surface area contributed by atoms with Gasteiger partial charge in [-0.2, -0.15) is 0 Å². The highest BCUT2D eigenvalue weighted by molar-refractivity contribution is 7.47. The number of nitrogens with two attached hydrogens (primary N) is 1. The smallest absolute Gasteiger partial charge is 0.472 e. The monoisotopic (exact) mass is 853 g/mol. The number of ketones is 1. The highest BCUT2D eigenvalue weighted by Gasteiger charge is 2.39. The average Bonchev–Trinajstić information content (AvgIpc) is 3.47. The number of carbonyl (C=O) groups excluding carboxylic acids is 3. The van der Waals surface area contributed by atoms with Gasteiger partial charge in [-0.25, -0.2) is 4.57 Å². The molecule has 1 rings (SSSR count). The Bertz CT molecular complexity index is 1390. The first-order valence-electron chi connectivity index (χ1n) is 21.4. The summed E-state index contributed by atoms with van der Waals surface area (Å²) in [5, 5.41) is 29.6. The SMILES string of the molecule is CCCCC/C=C\C/C=C\C/C=C\CCCCC(=O)OC[C@H](COP(=O)(O)OC[C@H](N)C(=O)O)OC(=O)CCC/C=C\C[C@H]1C(=O)C[C@@H](O)[C@@H]1/C=C/[C@@H](O)CCCCC. The Morgan fingerprint density at radius 1 is 0.797 bits per heavy atom. The molecule has 15 heteroatoms. The number of carboxylic acids is 1. The van der Waals surface area contributed by atoms with Crippen molar-refractivity contribution in [3.63, 3.8) is 0 Å². The third kappa shape index (κ3) is 28.0. The number of carboxylic acid groups (broad SMARTS) is 1. The molecule has 0 heterocycles. The predicted molar refractivity (Wildman–Crippen MR) is 227 cm³/mol. The van der Waals surface area contributed by atoms with Crippen LogP contribution in [0.4, 0.5) is 0 Å². The summed E-state index contributed by atoms with van der Waals surface area (Å²) in [5.41, 5.74) is 5.32. The Hall–Kier alpha value is -3.23. The number of unbranched alkanes of at least 4 members (excludes halogenated alkanes) is 8. The van der Waals surface area contributed by atoms with E-state index < -0.39 is 75.8 Å². The van der Waals surface area contributed by atoms with E-state index >= 15 is 0 Å². The second kappa shape index (κ2) is 33.5. The molecule has 6 N–H and O–H groups in total. The molecule has 0 aromatic carbocycles. The van der Waals surface area contributed by atoms with Crippen LogP contribution >= 0.6 is 7.82 Å². The van der Waals surface area contributed by atoms with Crippen LogP contribution in [0.3, 0.4) is 0 Å². The lowest BCUT2D eigenvalue weighted by Crippen LogP contribution is -2.34. The molecule has 1 aliphatic rings. The molecule has 1 unspecified atom stereocenters. The number of aliphatic hydroxyl groups excluding tert-OH is 2. The molecule has 59 heavy (non-hydrogen) atoms. The molecule has 0 bridgehead atoms. The van der Waals surface area contributed by atoms with E-state index in [1.807, 2.05) is 12.2 Å². The molecule has 336 valence electrons. The number of rotatable bonds is 35. The van der Waals surface area contributed by atoms with Gasteiger partial charge in [0.15, 0.2) is 6.10 Å². The molecule has 14 nitrogen and oxygen atoms in total. The van der Waals surface area contributed by atoms with Crippen molar-refractivity contribution in [2.24, 2.45) is 17.6 Å². The summed E-state index contributed by atoms with van der Waals surface area (Å²) < 4.78 is 32.6. The van der Waals surface area contributed by atoms with Crippen LogP contribution in [-0.4, -0.2) is 88.1 Å². The number of aliphatic hydroxyl groups is 2. The Kier molecular flexibility index (Phi) is 30.5. The fourth-order valence-corrected chi connectivity index (χ4v) is 6.89. The quantitative estimate of drug-likeness (QED) is 0.0178. The fraction of sp³-hybridized carbons (Fsp3) is 0.682. The molecule has 0 radical (unpaired) electrons. The van der Waals surface area contributed by atoms with Crippen LogP contribution < -0.4 is 5.73 Å². The van der Waals surface area contributed by atoms with E-state index in [0.29, 0.717) is 32.1 Å². The Morgan fingerprint density at radius 3 is 2.03 bits per heavy atom. The van der Waals surface area contributed by atoms with Crippen molar-refractivity contribution >= 4 is 31.5 Å². The van der Waals surface area contributed by atoms with Gasteiger partial charge in [-0.3, -0.25) is 28.2 Å². The van der Waals surface area contributed by atoms with Crippen LogP contribution in [0.15, 0.2) is 60.8 Å². The minimum absolute atomic E-state index is 0.0412. The summed E-state index contributed by atoms with van der Waals surface area (Å²) in [6.45, 7) is 2.33. The molecular weight excluding hydrogens is 781 g/mol. The Balaban J connectivity index is 2.57. The van der Waals surface area contributed by atoms with Gasteiger partial charge in [0.1, 0.15) is 18.4 Å². The van der Waals surface area contributed by atoms with Gasteiger partial charge in [0.2, 0.25) is 0 Å². The summed E-state index contributed by atoms with van der Waals surface area (Å²) >= 11 is 0. The van der Waals surface area contributed by atoms with Crippen molar-refractivity contribution < 1.29 is 62.5 Å². The number of phosphoric ester groups is 1. The van der Waals surface area contributed by atoms with Crippen LogP contribution in [0, 0.1) is 11.8 Å². The molecule has 0 amide bonds. The van der Waals surface area contributed by atoms with Crippen molar-refractivity contribution in [3.05, 3.63) is 60.8 Å². The number of allylic oxidation sites excluding steroid dienone is 8. The molecular formula is C44H72NO13P. The first kappa shape index (κ1) is 53.8. The van der Waals surface area contributed by atoms with Crippen LogP contribution in [0.2, 0.25) is 0 Å². The number of esters is 2. The van der Waals surface area contributed by atoms with Gasteiger partial charge in [-0.15, -0.1) is 0 Å². The van der Waals surface area contributed by atoms with E-state index in [0.717, 1.165) is 51.4 Å². The van der Waals surface area contributed by atoms with E-state index in [4.69, 9.17) is 24.8 Å². The minimum atomic E-state index is -4.80. The van der Waals surface area contributed by atoms with Crippen molar-refractivity contribution in [1.29, 1.82) is 0 Å². The molecule has 0 spiro atoms. The zero-order valence-corrected chi connectivity index (χ0v) is 36.2. The van der Waals surface area contributed by atoms with Crippen LogP contribution in [0.1, 0.15) is 136 Å². The van der Waals surface area contributed by atoms with Crippen LogP contribution in [0.5, 0.6) is 0 Å². The van der Waals surface area contributed by atoms with Crippen LogP contribution in [-0.2, 0) is 42.3 Å². The molecule has 1 saturated carbocycles. The lowest BCUT2D eigenvalue weighted by Gasteiger charge is -2.20. The van der Waals surface area contributed by atoms with Crippen molar-refractivity contribution in [2.75, 3.05) is 19.8 Å². The maximum atomic E-state index is 12.7. The van der Waals surface area contributed by atoms with Crippen molar-refractivity contribution in [1.82, 2.24) is 0 Å². The first-order chi connectivity index (χ1) is 28.3. The molecule has 0 aliphatic heterocycles. The highest BCUT2D eigenvalue weighted by Crippen LogP contribution is 2.43. The van der Waals surface area contributed by atoms with Gasteiger partial charge >= 0.3 is 25.7 Å². The number of phosphoric acid groups is 1. The average molecular weight is 854 g/mol. The molecule has 0 aromatic heterocycles. The van der Waals surface area contributed by atoms with Gasteiger partial charge in [-0.1, -0.05) is 107 Å². The predicted octanol–water partition coefficient (Wildman–Crippen LogP) is 7.76. The molecule has 1 aliphatic carbocycles. The molecule has 0 saturated heterocycles. The maximum absolute atomic E-state index is 12.7. The van der Waals surface area contributed by atoms with Crippen molar-refractivity contribution in [3.8, 4) is 0 Å². The largest absolute Gasteiger partial charge is 0.480 e. The first-order valence-corrected chi connectivity index (χ1v) is 22.9. The highest BCUT2D eigenvalue weighted by atomic mass is 31.2. The Morgan fingerprint density at radius 2 is 1.37 bits per heavy atom. The van der Waals surface area contributed by atoms with E-state index in [-0.39, 0.29) is 31.0 Å². The summed E-state index contributed by atoms with van der Waals surface area (Å²) in [4.78, 5) is 58.7. The molecule has 7 atom stereocenters. The lowest BCUT2D eigenvalue weighted by atomic mass is 9.90. The van der Waals surface area contributed by atoms with Crippen LogP contribution in [0.25, 0.3) is 0 Å². The zero-order valence-electron chi connectivity index (χ0n) is 35.3. The second-order valence-corrected chi connectivity index (χ2v) is 16.3. The summed E-state index contributed by atoms with van der Waals surface area (Å²) in [7, 11) is -4.80. The second-order valence-electron chi connectivity index (χ2n) is 14.9. The number of aliphatic carboxylic acids is 1. The van der Waals surface area contributed by atoms with Gasteiger partial charge in [0.25, 0.3) is 0 Å². The van der Waals surface area contributed by atoms with E-state index in [2.05, 4.69) is 54.8 Å². The third-order valence-electron chi connectivity index (χ3n) is 9.61. The zero-order chi connectivity index (χ0) is 43.7. The lowest BCUT2D eigenvalue weighted by molar-refractivity contribution is -0.161. The van der Waals surface area contributed by atoms with E-state index in [1.165, 1.54) is 19.3 Å². The third-order valence-corrected chi connectivity index (χ3v) is 10.6. The van der Waals surface area contributed by atoms with Gasteiger partial charge in [-0.05, 0) is 70.6 Å². The van der Waals surface area contributed by atoms with Gasteiger partial charge in [0, 0.05) is 31.1 Å². The number of hydrogen-bond acceptors (Lipinski definition) is 12. The van der Waals surface area contributed by atoms with E-state index in [1.54, 1.807) is 12.2 Å². The van der Waals surface area contributed by atoms with Gasteiger partial charge < -0.3 is 35.4 Å². The number of hydrogen-bond donors (Lipinski definition) is 5. The number of ether oxygens (including phenoxy) is 2. The standard InChI is InChI=1S/C44H72NO13P/c1-3-5-7-8-9-10-11-12-13-14-15-16-17-18-23-27-42(49)55-32-36(33-56-59(53,54)57-34-39(45)44(51)52)58-43(50)28-24-20-19-22-26-37-38(41(48)31-40(37)47)30-29-35(46)25-21-6-4-2/h9-10,12-13,15-16,19,22,29-30,35-39,41,46,48H,3-8,11,14,17-18,20-21,23-28,31-34,45H2,1-2H3,(H,51,52)(H,53,54)/b10-9-,13-12-,16-15-,22-19-,30-29+/t35-,36+,37+,38+,39-,41+/m0/s1. The maximum Gasteiger partial charge on any atom is 0.472 e. The summed E-state index contributed by atoms with van der Waals surface area (Å²) in [6, 6.07) is -1.57. The molecule has 1 fully saturated rings. The summed E-state index contributed by atoms with van der Waals surface area (Å²) in [5.74, 6) is -3.51. The topological polar surface area (TPSA) is 229 Å². The number of carbonyl (C=O) groups is 4. The number of Topliss-reactive ketones (excluding diaryl/α,β-unsaturated/α-hetero) is 1. The van der Waals surface area contributed by atoms with Gasteiger partial charge in [0.05, 0.1) is 25.4 Å². The van der Waals surface area contributed by atoms with Crippen molar-refractivity contribution in [2.45, 2.75) is 160 Å². The van der Waals surface area contributed by atoms with E-state index in [9.17, 15) is 38.8 Å². The normalized spacial score (nSPS) is 20.0. The molecule has 0 aromatic rings. The summed E-state index contributed by atoms with van der Waals surface area (Å²) in [6.07, 6.45) is 30.9. The fourth-order valence-electron chi connectivity index (χ4n) is 6.11. The minimum Gasteiger partial charge on any atom is -0.480 e. The Labute approximate surface area is 351 Å².